The highest BCUT2D eigenvalue weighted by Crippen LogP contribution is 2.19. The van der Waals surface area contributed by atoms with Crippen LogP contribution in [0, 0.1) is 0 Å². The van der Waals surface area contributed by atoms with Crippen LogP contribution in [0.2, 0.25) is 6.04 Å². The monoisotopic (exact) mass is 294 g/mol. The molecule has 1 atom stereocenters. The summed E-state index contributed by atoms with van der Waals surface area (Å²) in [4.78, 5) is 0. The van der Waals surface area contributed by atoms with Gasteiger partial charge in [0.25, 0.3) is 7.60 Å². The van der Waals surface area contributed by atoms with Gasteiger partial charge in [-0.3, -0.25) is 0 Å². The molecule has 1 fully saturated rings. The third-order valence-corrected chi connectivity index (χ3v) is 95.5. The quantitative estimate of drug-likeness (QED) is 0.558. The molecule has 1 saturated heterocycles. The second kappa shape index (κ2) is 7.35. The third kappa shape index (κ3) is 3.75. The fourth-order valence-electron chi connectivity index (χ4n) is 2.74. The molecular weight excluding hydrogens is 269 g/mol. The Bertz CT molecular complexity index is 174. The fraction of sp³-hybridized carbons (Fsp3) is 1.00. The summed E-state index contributed by atoms with van der Waals surface area (Å²) in [5.41, 5.74) is 0. The molecule has 0 N–H and O–H groups in total. The van der Waals surface area contributed by atoms with Crippen LogP contribution in [-0.2, 0) is 8.85 Å². The molecule has 0 amide bonds. The Morgan fingerprint density at radius 3 is 2.33 bits per heavy atom. The van der Waals surface area contributed by atoms with Crippen LogP contribution in [0.3, 0.4) is 0 Å². The molecular formula is C8H26O2Si5. The lowest BCUT2D eigenvalue weighted by molar-refractivity contribution is 0.220. The molecule has 1 unspecified atom stereocenters. The van der Waals surface area contributed by atoms with Crippen LogP contribution in [0.5, 0.6) is 0 Å². The standard InChI is InChI=1S/C8H26O2Si5/c1-4-7-8-14-12-11-13-15(14,9-5-2)10-6-3/h14H,4-8,11-13H2,1-3H3. The van der Waals surface area contributed by atoms with E-state index in [-0.39, 0.29) is 8.55 Å². The lowest BCUT2D eigenvalue weighted by Crippen LogP contribution is -2.59. The zero-order chi connectivity index (χ0) is 11.1. The predicted molar refractivity (Wildman–Crippen MR) is 81.5 cm³/mol. The van der Waals surface area contributed by atoms with Gasteiger partial charge in [-0.05, 0) is 22.4 Å². The molecule has 0 spiro atoms. The van der Waals surface area contributed by atoms with E-state index < -0.39 is 15.4 Å². The molecule has 0 saturated carbocycles. The van der Waals surface area contributed by atoms with Gasteiger partial charge in [-0.15, -0.1) is 0 Å². The lowest BCUT2D eigenvalue weighted by Gasteiger charge is -2.32. The van der Waals surface area contributed by atoms with Crippen molar-refractivity contribution in [2.24, 2.45) is 0 Å². The van der Waals surface area contributed by atoms with Crippen molar-refractivity contribution in [3.8, 4) is 0 Å². The van der Waals surface area contributed by atoms with E-state index in [1.807, 2.05) is 0 Å². The molecule has 0 bridgehead atoms. The van der Waals surface area contributed by atoms with E-state index in [1.165, 1.54) is 12.8 Å². The van der Waals surface area contributed by atoms with Gasteiger partial charge in [0.15, 0.2) is 0 Å². The van der Waals surface area contributed by atoms with Gasteiger partial charge in [0.1, 0.15) is 0 Å². The lowest BCUT2D eigenvalue weighted by atomic mass is 10.4. The van der Waals surface area contributed by atoms with Crippen LogP contribution < -0.4 is 0 Å². The zero-order valence-electron chi connectivity index (χ0n) is 10.6. The maximum absolute atomic E-state index is 6.25. The first-order valence-corrected chi connectivity index (χ1v) is 24.6. The molecule has 1 aliphatic heterocycles. The molecule has 1 rings (SSSR count). The topological polar surface area (TPSA) is 18.5 Å². The van der Waals surface area contributed by atoms with Crippen molar-refractivity contribution in [1.29, 1.82) is 0 Å². The van der Waals surface area contributed by atoms with Crippen molar-refractivity contribution in [1.82, 2.24) is 0 Å². The maximum atomic E-state index is 6.25. The molecule has 0 aromatic carbocycles. The molecule has 2 nitrogen and oxygen atoms in total. The Labute approximate surface area is 103 Å². The Morgan fingerprint density at radius 2 is 1.80 bits per heavy atom. The van der Waals surface area contributed by atoms with E-state index in [4.69, 9.17) is 8.85 Å². The second-order valence-electron chi connectivity index (χ2n) is 4.41. The summed E-state index contributed by atoms with van der Waals surface area (Å²) in [6, 6.07) is 1.59. The summed E-state index contributed by atoms with van der Waals surface area (Å²) in [6.45, 7) is 8.56. The summed E-state index contributed by atoms with van der Waals surface area (Å²) in [5.74, 6) is 0. The summed E-state index contributed by atoms with van der Waals surface area (Å²) in [7, 11) is -0.698. The molecule has 0 radical (unpaired) electrons. The van der Waals surface area contributed by atoms with E-state index in [9.17, 15) is 0 Å². The first-order chi connectivity index (χ1) is 7.29. The first-order valence-electron chi connectivity index (χ1n) is 6.57. The van der Waals surface area contributed by atoms with Gasteiger partial charge in [-0.1, -0.05) is 25.8 Å². The number of rotatable bonds is 7. The summed E-state index contributed by atoms with van der Waals surface area (Å²) < 4.78 is 12.5. The minimum atomic E-state index is -1.40. The van der Waals surface area contributed by atoms with Gasteiger partial charge in [0.05, 0.1) is 16.4 Å². The average molecular weight is 295 g/mol. The summed E-state index contributed by atoms with van der Waals surface area (Å²) in [5, 5.41) is 0. The Kier molecular flexibility index (Phi) is 6.90. The number of hydrogen-bond acceptors (Lipinski definition) is 2. The highest BCUT2D eigenvalue weighted by molar-refractivity contribution is 7.87. The van der Waals surface area contributed by atoms with E-state index in [2.05, 4.69) is 20.8 Å². The van der Waals surface area contributed by atoms with Gasteiger partial charge in [-0.2, -0.15) is 0 Å². The number of hydrogen-bond donors (Lipinski definition) is 0. The van der Waals surface area contributed by atoms with E-state index in [0.29, 0.717) is 17.1 Å². The molecule has 0 aliphatic carbocycles. The van der Waals surface area contributed by atoms with Crippen LogP contribution in [0.15, 0.2) is 0 Å². The molecule has 0 aromatic rings. The van der Waals surface area contributed by atoms with Crippen molar-refractivity contribution < 1.29 is 8.85 Å². The average Bonchev–Trinajstić information content (AvgIpc) is 2.59. The van der Waals surface area contributed by atoms with Crippen LogP contribution in [0.1, 0.15) is 33.6 Å². The van der Waals surface area contributed by atoms with Crippen molar-refractivity contribution >= 4 is 41.1 Å². The van der Waals surface area contributed by atoms with Gasteiger partial charge in [-0.25, -0.2) is 0 Å². The Morgan fingerprint density at radius 1 is 1.13 bits per heavy atom. The molecule has 15 heavy (non-hydrogen) atoms. The van der Waals surface area contributed by atoms with Crippen molar-refractivity contribution in [2.75, 3.05) is 13.2 Å². The molecule has 1 heterocycles. The van der Waals surface area contributed by atoms with Crippen molar-refractivity contribution in [2.45, 2.75) is 39.7 Å². The van der Waals surface area contributed by atoms with Crippen LogP contribution >= 0.6 is 0 Å². The third-order valence-electron chi connectivity index (χ3n) is 3.38. The second-order valence-corrected chi connectivity index (χ2v) is 47.7. The highest BCUT2D eigenvalue weighted by Gasteiger charge is 2.49. The van der Waals surface area contributed by atoms with Gasteiger partial charge in [0, 0.05) is 21.8 Å². The van der Waals surface area contributed by atoms with E-state index in [1.54, 1.807) is 6.04 Å². The minimum Gasteiger partial charge on any atom is -0.400 e. The van der Waals surface area contributed by atoms with Crippen molar-refractivity contribution in [3.63, 3.8) is 0 Å². The number of unbranched alkanes of at least 4 members (excludes halogenated alkanes) is 1. The summed E-state index contributed by atoms with van der Waals surface area (Å²) >= 11 is 0. The van der Waals surface area contributed by atoms with Crippen LogP contribution in [-0.4, -0.2) is 54.3 Å². The normalized spacial score (nSPS) is 29.4. The van der Waals surface area contributed by atoms with Gasteiger partial charge >= 0.3 is 0 Å². The minimum absolute atomic E-state index is 0.210. The van der Waals surface area contributed by atoms with Crippen LogP contribution in [0.4, 0.5) is 0 Å². The highest BCUT2D eigenvalue weighted by atomic mass is 30.1. The maximum Gasteiger partial charge on any atom is 0.278 e. The Balaban J connectivity index is 2.57. The van der Waals surface area contributed by atoms with Crippen LogP contribution in [0.25, 0.3) is 0 Å². The fourth-order valence-corrected chi connectivity index (χ4v) is 188. The molecule has 90 valence electrons. The largest absolute Gasteiger partial charge is 0.400 e. The molecule has 1 aliphatic rings. The molecule has 0 aromatic heterocycles. The zero-order valence-corrected chi connectivity index (χ0v) is 16.9. The van der Waals surface area contributed by atoms with Gasteiger partial charge in [0.2, 0.25) is 0 Å². The summed E-state index contributed by atoms with van der Waals surface area (Å²) in [6.07, 6.45) is 2.85. The van der Waals surface area contributed by atoms with E-state index >= 15 is 0 Å². The van der Waals surface area contributed by atoms with Crippen molar-refractivity contribution in [3.05, 3.63) is 0 Å². The predicted octanol–water partition coefficient (Wildman–Crippen LogP) is -1.05. The van der Waals surface area contributed by atoms with Gasteiger partial charge < -0.3 is 8.85 Å². The first kappa shape index (κ1) is 14.1. The molecule has 7 heteroatoms. The Hall–Kier alpha value is 1.00. The van der Waals surface area contributed by atoms with E-state index in [0.717, 1.165) is 13.2 Å². The SMILES string of the molecule is CCCC[SiH]1[SiH2][SiH2][SiH2][Si]1(OCC)OCC. The smallest absolute Gasteiger partial charge is 0.278 e.